The highest BCUT2D eigenvalue weighted by Gasteiger charge is 2.20. The lowest BCUT2D eigenvalue weighted by atomic mass is 9.81. The third kappa shape index (κ3) is 5.85. The van der Waals surface area contributed by atoms with Crippen molar-refractivity contribution in [3.63, 3.8) is 0 Å². The van der Waals surface area contributed by atoms with Crippen molar-refractivity contribution in [2.75, 3.05) is 13.2 Å². The first-order valence-electron chi connectivity index (χ1n) is 9.38. The topological polar surface area (TPSA) is 38.3 Å². The average Bonchev–Trinajstić information content (AvgIpc) is 2.58. The molecule has 0 atom stereocenters. The molecule has 2 rings (SSSR count). The zero-order valence-electron chi connectivity index (χ0n) is 15.7. The van der Waals surface area contributed by atoms with Gasteiger partial charge in [0.2, 0.25) is 0 Å². The molecular weight excluding hydrogens is 298 g/mol. The summed E-state index contributed by atoms with van der Waals surface area (Å²) in [6.07, 6.45) is 6.41. The van der Waals surface area contributed by atoms with Crippen LogP contribution in [0.4, 0.5) is 0 Å². The first kappa shape index (κ1) is 18.8. The molecule has 1 amide bonds. The number of nitrogens with one attached hydrogen (secondary N) is 1. The van der Waals surface area contributed by atoms with Crippen LogP contribution in [0.15, 0.2) is 24.3 Å². The Morgan fingerprint density at radius 1 is 1.08 bits per heavy atom. The van der Waals surface area contributed by atoms with Crippen LogP contribution in [0.3, 0.4) is 0 Å². The smallest absolute Gasteiger partial charge is 0.257 e. The Balaban J connectivity index is 1.68. The molecular formula is C21H33NO2. The molecule has 1 aromatic carbocycles. The summed E-state index contributed by atoms with van der Waals surface area (Å²) in [4.78, 5) is 12.0. The van der Waals surface area contributed by atoms with Gasteiger partial charge in [0.1, 0.15) is 5.75 Å². The molecule has 0 unspecified atom stereocenters. The molecule has 1 saturated carbocycles. The fourth-order valence-electron chi connectivity index (χ4n) is 3.35. The fourth-order valence-corrected chi connectivity index (χ4v) is 3.35. The van der Waals surface area contributed by atoms with Gasteiger partial charge in [-0.25, -0.2) is 0 Å². The maximum atomic E-state index is 12.0. The Morgan fingerprint density at radius 3 is 2.21 bits per heavy atom. The van der Waals surface area contributed by atoms with Gasteiger partial charge in [-0.2, -0.15) is 0 Å². The van der Waals surface area contributed by atoms with E-state index in [1.54, 1.807) is 0 Å². The number of carbonyl (C=O) groups is 1. The van der Waals surface area contributed by atoms with Gasteiger partial charge in [-0.1, -0.05) is 59.1 Å². The van der Waals surface area contributed by atoms with Crippen molar-refractivity contribution in [3.05, 3.63) is 29.8 Å². The minimum Gasteiger partial charge on any atom is -0.484 e. The Labute approximate surface area is 147 Å². The lowest BCUT2D eigenvalue weighted by Crippen LogP contribution is -2.34. The Morgan fingerprint density at radius 2 is 1.67 bits per heavy atom. The molecule has 134 valence electrons. The number of benzene rings is 1. The van der Waals surface area contributed by atoms with Gasteiger partial charge in [-0.3, -0.25) is 4.79 Å². The van der Waals surface area contributed by atoms with Crippen molar-refractivity contribution in [2.24, 2.45) is 11.8 Å². The maximum Gasteiger partial charge on any atom is 0.257 e. The van der Waals surface area contributed by atoms with Gasteiger partial charge >= 0.3 is 0 Å². The minimum atomic E-state index is -0.0208. The predicted octanol–water partition coefficient (Wildman–Crippen LogP) is 4.70. The Bertz CT molecular complexity index is 508. The van der Waals surface area contributed by atoms with Crippen molar-refractivity contribution in [2.45, 2.75) is 65.2 Å². The molecule has 3 nitrogen and oxygen atoms in total. The summed E-state index contributed by atoms with van der Waals surface area (Å²) >= 11 is 0. The maximum absolute atomic E-state index is 12.0. The van der Waals surface area contributed by atoms with E-state index in [1.165, 1.54) is 37.7 Å². The van der Waals surface area contributed by atoms with Gasteiger partial charge in [0.25, 0.3) is 5.91 Å². The summed E-state index contributed by atoms with van der Waals surface area (Å²) in [5.41, 5.74) is 1.40. The van der Waals surface area contributed by atoms with Crippen molar-refractivity contribution in [3.8, 4) is 5.75 Å². The first-order valence-corrected chi connectivity index (χ1v) is 9.38. The number of hydrogen-bond donors (Lipinski definition) is 1. The highest BCUT2D eigenvalue weighted by molar-refractivity contribution is 5.77. The van der Waals surface area contributed by atoms with Crippen LogP contribution in [0.1, 0.15) is 65.4 Å². The summed E-state index contributed by atoms with van der Waals surface area (Å²) in [6.45, 7) is 9.72. The number of hydrogen-bond acceptors (Lipinski definition) is 2. The van der Waals surface area contributed by atoms with Crippen LogP contribution in [0.5, 0.6) is 5.75 Å². The normalized spacial score (nSPS) is 21.3. The van der Waals surface area contributed by atoms with Crippen LogP contribution in [0.2, 0.25) is 0 Å². The van der Waals surface area contributed by atoms with E-state index in [0.717, 1.165) is 18.2 Å². The first-order chi connectivity index (χ1) is 11.4. The van der Waals surface area contributed by atoms with Crippen molar-refractivity contribution >= 4 is 5.91 Å². The highest BCUT2D eigenvalue weighted by Crippen LogP contribution is 2.30. The Hall–Kier alpha value is -1.51. The molecule has 0 aromatic heterocycles. The van der Waals surface area contributed by atoms with Crippen LogP contribution in [0, 0.1) is 11.8 Å². The summed E-state index contributed by atoms with van der Waals surface area (Å²) in [6, 6.07) is 8.03. The Kier molecular flexibility index (Phi) is 6.70. The molecule has 1 fully saturated rings. The highest BCUT2D eigenvalue weighted by atomic mass is 16.5. The van der Waals surface area contributed by atoms with E-state index in [-0.39, 0.29) is 17.9 Å². The fraction of sp³-hybridized carbons (Fsp3) is 0.667. The monoisotopic (exact) mass is 331 g/mol. The average molecular weight is 332 g/mol. The second kappa shape index (κ2) is 8.55. The molecule has 0 radical (unpaired) electrons. The predicted molar refractivity (Wildman–Crippen MR) is 99.4 cm³/mol. The van der Waals surface area contributed by atoms with Crippen LogP contribution >= 0.6 is 0 Å². The zero-order valence-corrected chi connectivity index (χ0v) is 15.7. The SMILES string of the molecule is CCC1CCC(CNC(=O)COc2ccc(C(C)(C)C)cc2)CC1. The van der Waals surface area contributed by atoms with E-state index in [2.05, 4.69) is 45.1 Å². The standard InChI is InChI=1S/C21H33NO2/c1-5-16-6-8-17(9-7-16)14-22-20(23)15-24-19-12-10-18(11-13-19)21(2,3)4/h10-13,16-17H,5-9,14-15H2,1-4H3,(H,22,23). The van der Waals surface area contributed by atoms with Crippen molar-refractivity contribution < 1.29 is 9.53 Å². The second-order valence-corrected chi connectivity index (χ2v) is 8.16. The number of ether oxygens (including phenoxy) is 1. The molecule has 0 spiro atoms. The molecule has 1 aliphatic rings. The summed E-state index contributed by atoms with van der Waals surface area (Å²) < 4.78 is 5.60. The van der Waals surface area contributed by atoms with Gasteiger partial charge in [0.05, 0.1) is 0 Å². The van der Waals surface area contributed by atoms with Crippen molar-refractivity contribution in [1.29, 1.82) is 0 Å². The lowest BCUT2D eigenvalue weighted by Gasteiger charge is -2.27. The van der Waals surface area contributed by atoms with Gasteiger partial charge in [-0.15, -0.1) is 0 Å². The summed E-state index contributed by atoms with van der Waals surface area (Å²) in [7, 11) is 0. The van der Waals surface area contributed by atoms with Crippen LogP contribution < -0.4 is 10.1 Å². The van der Waals surface area contributed by atoms with E-state index in [1.807, 2.05) is 12.1 Å². The lowest BCUT2D eigenvalue weighted by molar-refractivity contribution is -0.123. The van der Waals surface area contributed by atoms with E-state index in [0.29, 0.717) is 5.92 Å². The summed E-state index contributed by atoms with van der Waals surface area (Å²) in [5.74, 6) is 2.27. The van der Waals surface area contributed by atoms with E-state index < -0.39 is 0 Å². The van der Waals surface area contributed by atoms with Crippen LogP contribution in [-0.2, 0) is 10.2 Å². The molecule has 1 N–H and O–H groups in total. The largest absolute Gasteiger partial charge is 0.484 e. The molecule has 0 bridgehead atoms. The van der Waals surface area contributed by atoms with Gasteiger partial charge in [0, 0.05) is 6.54 Å². The molecule has 1 aliphatic carbocycles. The molecule has 3 heteroatoms. The zero-order chi connectivity index (χ0) is 17.6. The van der Waals surface area contributed by atoms with Gasteiger partial charge < -0.3 is 10.1 Å². The molecule has 24 heavy (non-hydrogen) atoms. The third-order valence-electron chi connectivity index (χ3n) is 5.22. The van der Waals surface area contributed by atoms with E-state index in [4.69, 9.17) is 4.74 Å². The number of rotatable bonds is 6. The van der Waals surface area contributed by atoms with Gasteiger partial charge in [-0.05, 0) is 47.8 Å². The number of amides is 1. The second-order valence-electron chi connectivity index (χ2n) is 8.16. The molecule has 0 heterocycles. The molecule has 1 aromatic rings. The molecule has 0 saturated heterocycles. The van der Waals surface area contributed by atoms with E-state index in [9.17, 15) is 4.79 Å². The molecule has 0 aliphatic heterocycles. The van der Waals surface area contributed by atoms with Crippen LogP contribution in [-0.4, -0.2) is 19.1 Å². The summed E-state index contributed by atoms with van der Waals surface area (Å²) in [5, 5.41) is 3.03. The van der Waals surface area contributed by atoms with Crippen LogP contribution in [0.25, 0.3) is 0 Å². The minimum absolute atomic E-state index is 0.0208. The van der Waals surface area contributed by atoms with Crippen molar-refractivity contribution in [1.82, 2.24) is 5.32 Å². The quantitative estimate of drug-likeness (QED) is 0.821. The van der Waals surface area contributed by atoms with E-state index >= 15 is 0 Å². The number of carbonyl (C=O) groups excluding carboxylic acids is 1. The third-order valence-corrected chi connectivity index (χ3v) is 5.22. The van der Waals surface area contributed by atoms with Gasteiger partial charge in [0.15, 0.2) is 6.61 Å².